The lowest BCUT2D eigenvalue weighted by atomic mass is 10.4. The lowest BCUT2D eigenvalue weighted by Gasteiger charge is -2.17. The van der Waals surface area contributed by atoms with Crippen molar-refractivity contribution in [2.45, 2.75) is 12.8 Å². The maximum atomic E-state index is 11.6. The Hall–Kier alpha value is -1.15. The van der Waals surface area contributed by atoms with Crippen molar-refractivity contribution in [2.75, 3.05) is 0 Å². The summed E-state index contributed by atoms with van der Waals surface area (Å²) in [4.78, 5) is 11.6. The second-order valence-electron chi connectivity index (χ2n) is 3.23. The van der Waals surface area contributed by atoms with E-state index in [9.17, 15) is 21.6 Å². The van der Waals surface area contributed by atoms with Gasteiger partial charge in [0.05, 0.1) is 0 Å². The van der Waals surface area contributed by atoms with Crippen molar-refractivity contribution in [2.24, 2.45) is 5.92 Å². The fourth-order valence-electron chi connectivity index (χ4n) is 1.01. The van der Waals surface area contributed by atoms with Crippen LogP contribution in [0.3, 0.4) is 0 Å². The van der Waals surface area contributed by atoms with Gasteiger partial charge in [0.15, 0.2) is 0 Å². The maximum absolute atomic E-state index is 11.6. The zero-order valence-electron chi connectivity index (χ0n) is 8.37. The first-order valence-corrected chi connectivity index (χ1v) is 7.36. The predicted octanol–water partition coefficient (Wildman–Crippen LogP) is 0.172. The lowest BCUT2D eigenvalue weighted by molar-refractivity contribution is -0.124. The second kappa shape index (κ2) is 4.02. The Balaban J connectivity index is 3.29. The smallest absolute Gasteiger partial charge is 0.272 e. The number of rotatable bonds is 5. The fourth-order valence-corrected chi connectivity index (χ4v) is 3.60. The molecule has 90 valence electrons. The van der Waals surface area contributed by atoms with E-state index in [0.29, 0.717) is 23.7 Å². The van der Waals surface area contributed by atoms with Gasteiger partial charge in [0, 0.05) is 16.7 Å². The summed E-state index contributed by atoms with van der Waals surface area (Å²) in [5.41, 5.74) is 0. The molecule has 0 spiro atoms. The summed E-state index contributed by atoms with van der Waals surface area (Å²) in [5, 5.41) is 0.850. The highest BCUT2D eigenvalue weighted by atomic mass is 32.3. The van der Waals surface area contributed by atoms with E-state index >= 15 is 0 Å². The zero-order chi connectivity index (χ0) is 12.6. The molecular formula is C8H11NO5S2. The standard InChI is InChI=1S/C8H11NO5S2/c1-3-15(11,12)9(16(13,14)4-2)8(10)7-5-6-7/h3-4,7H,1-2,5-6H2. The first-order chi connectivity index (χ1) is 7.26. The molecule has 0 bridgehead atoms. The zero-order valence-corrected chi connectivity index (χ0v) is 10.00. The average Bonchev–Trinajstić information content (AvgIpc) is 3.00. The molecule has 8 heteroatoms. The highest BCUT2D eigenvalue weighted by molar-refractivity contribution is 8.07. The van der Waals surface area contributed by atoms with E-state index in [2.05, 4.69) is 13.2 Å². The number of nitrogens with zero attached hydrogens (tertiary/aromatic N) is 1. The molecule has 1 aliphatic rings. The molecule has 0 heterocycles. The molecule has 0 aromatic carbocycles. The minimum atomic E-state index is -4.35. The van der Waals surface area contributed by atoms with Crippen LogP contribution in [0.1, 0.15) is 12.8 Å². The van der Waals surface area contributed by atoms with Gasteiger partial charge in [0.25, 0.3) is 26.0 Å². The quantitative estimate of drug-likeness (QED) is 0.707. The van der Waals surface area contributed by atoms with Crippen LogP contribution in [0, 0.1) is 5.92 Å². The molecule has 0 aromatic heterocycles. The van der Waals surface area contributed by atoms with Crippen molar-refractivity contribution in [1.82, 2.24) is 3.71 Å². The van der Waals surface area contributed by atoms with Crippen LogP contribution in [0.25, 0.3) is 0 Å². The monoisotopic (exact) mass is 265 g/mol. The number of sulfonamides is 2. The van der Waals surface area contributed by atoms with Crippen molar-refractivity contribution >= 4 is 26.0 Å². The molecule has 0 N–H and O–H groups in total. The van der Waals surface area contributed by atoms with Gasteiger partial charge in [-0.15, -0.1) is 3.71 Å². The van der Waals surface area contributed by atoms with Crippen molar-refractivity contribution in [3.8, 4) is 0 Å². The summed E-state index contributed by atoms with van der Waals surface area (Å²) < 4.78 is 45.6. The van der Waals surface area contributed by atoms with E-state index < -0.39 is 31.9 Å². The highest BCUT2D eigenvalue weighted by Crippen LogP contribution is 2.33. The minimum Gasteiger partial charge on any atom is -0.272 e. The van der Waals surface area contributed by atoms with E-state index in [0.717, 1.165) is 0 Å². The third kappa shape index (κ3) is 2.33. The molecule has 1 aliphatic carbocycles. The summed E-state index contributed by atoms with van der Waals surface area (Å²) in [6, 6.07) is 0. The summed E-state index contributed by atoms with van der Waals surface area (Å²) >= 11 is 0. The summed E-state index contributed by atoms with van der Waals surface area (Å²) in [7, 11) is -8.69. The molecule has 6 nitrogen and oxygen atoms in total. The second-order valence-corrected chi connectivity index (χ2v) is 6.92. The van der Waals surface area contributed by atoms with Crippen molar-refractivity contribution in [3.63, 3.8) is 0 Å². The highest BCUT2D eigenvalue weighted by Gasteiger charge is 2.43. The fraction of sp³-hybridized carbons (Fsp3) is 0.375. The van der Waals surface area contributed by atoms with Gasteiger partial charge in [-0.1, -0.05) is 13.2 Å². The Labute approximate surface area is 94.4 Å². The largest absolute Gasteiger partial charge is 0.272 e. The normalized spacial score (nSPS) is 16.5. The first kappa shape index (κ1) is 12.9. The Kier molecular flexibility index (Phi) is 3.25. The van der Waals surface area contributed by atoms with Crippen LogP contribution in [-0.4, -0.2) is 26.5 Å². The van der Waals surface area contributed by atoms with E-state index in [1.165, 1.54) is 0 Å². The van der Waals surface area contributed by atoms with Gasteiger partial charge in [-0.3, -0.25) is 4.79 Å². The van der Waals surface area contributed by atoms with E-state index in [1.54, 1.807) is 0 Å². The molecule has 1 amide bonds. The number of hydrogen-bond donors (Lipinski definition) is 0. The van der Waals surface area contributed by atoms with Gasteiger partial charge < -0.3 is 0 Å². The molecule has 1 fully saturated rings. The van der Waals surface area contributed by atoms with Gasteiger partial charge in [-0.25, -0.2) is 16.8 Å². The summed E-state index contributed by atoms with van der Waals surface area (Å²) in [6.45, 7) is 5.97. The van der Waals surface area contributed by atoms with Gasteiger partial charge in [-0.2, -0.15) is 0 Å². The predicted molar refractivity (Wildman–Crippen MR) is 57.8 cm³/mol. The lowest BCUT2D eigenvalue weighted by Crippen LogP contribution is -2.40. The first-order valence-electron chi connectivity index (χ1n) is 4.35. The Bertz CT molecular complexity index is 489. The van der Waals surface area contributed by atoms with Crippen LogP contribution < -0.4 is 0 Å². The minimum absolute atomic E-state index is 0.141. The molecule has 16 heavy (non-hydrogen) atoms. The molecule has 0 aromatic rings. The molecule has 0 aliphatic heterocycles. The molecule has 0 atom stereocenters. The molecule has 0 saturated heterocycles. The third-order valence-electron chi connectivity index (χ3n) is 1.99. The van der Waals surface area contributed by atoms with Crippen LogP contribution in [0.4, 0.5) is 0 Å². The van der Waals surface area contributed by atoms with Crippen LogP contribution in [-0.2, 0) is 24.8 Å². The van der Waals surface area contributed by atoms with Gasteiger partial charge in [0.1, 0.15) is 0 Å². The van der Waals surface area contributed by atoms with Gasteiger partial charge >= 0.3 is 0 Å². The Morgan fingerprint density at radius 1 is 1.06 bits per heavy atom. The average molecular weight is 265 g/mol. The van der Waals surface area contributed by atoms with E-state index in [-0.39, 0.29) is 3.71 Å². The van der Waals surface area contributed by atoms with Crippen molar-refractivity contribution in [3.05, 3.63) is 24.0 Å². The van der Waals surface area contributed by atoms with Crippen molar-refractivity contribution < 1.29 is 21.6 Å². The molecule has 0 unspecified atom stereocenters. The number of carbonyl (C=O) groups is 1. The van der Waals surface area contributed by atoms with Crippen LogP contribution in [0.2, 0.25) is 0 Å². The van der Waals surface area contributed by atoms with E-state index in [1.807, 2.05) is 0 Å². The van der Waals surface area contributed by atoms with Crippen molar-refractivity contribution in [1.29, 1.82) is 0 Å². The van der Waals surface area contributed by atoms with Gasteiger partial charge in [0.2, 0.25) is 0 Å². The molecule has 0 radical (unpaired) electrons. The topological polar surface area (TPSA) is 88.6 Å². The Morgan fingerprint density at radius 3 is 1.69 bits per heavy atom. The maximum Gasteiger partial charge on any atom is 0.272 e. The van der Waals surface area contributed by atoms with Crippen LogP contribution >= 0.6 is 0 Å². The van der Waals surface area contributed by atoms with E-state index in [4.69, 9.17) is 0 Å². The van der Waals surface area contributed by atoms with Crippen LogP contribution in [0.5, 0.6) is 0 Å². The molecule has 1 saturated carbocycles. The molecular weight excluding hydrogens is 254 g/mol. The summed E-state index contributed by atoms with van der Waals surface area (Å²) in [5.74, 6) is -1.48. The van der Waals surface area contributed by atoms with Gasteiger partial charge in [-0.05, 0) is 12.8 Å². The number of hydrogen-bond acceptors (Lipinski definition) is 5. The SMILES string of the molecule is C=CS(=O)(=O)N(C(=O)C1CC1)S(=O)(=O)C=C. The Morgan fingerprint density at radius 2 is 1.44 bits per heavy atom. The number of amides is 1. The summed E-state index contributed by atoms with van der Waals surface area (Å²) in [6.07, 6.45) is 0.989. The number of carbonyl (C=O) groups excluding carboxylic acids is 1. The van der Waals surface area contributed by atoms with Crippen LogP contribution in [0.15, 0.2) is 24.0 Å². The molecule has 1 rings (SSSR count). The third-order valence-corrected chi connectivity index (χ3v) is 5.36.